The van der Waals surface area contributed by atoms with E-state index in [2.05, 4.69) is 20.8 Å². The van der Waals surface area contributed by atoms with Crippen LogP contribution in [0.15, 0.2) is 78.9 Å². The van der Waals surface area contributed by atoms with Gasteiger partial charge in [-0.25, -0.2) is 13.2 Å². The molecule has 3 aromatic rings. The lowest BCUT2D eigenvalue weighted by molar-refractivity contribution is 0.0608. The second-order valence-electron chi connectivity index (χ2n) is 10.9. The van der Waals surface area contributed by atoms with E-state index < -0.39 is 35.1 Å². The summed E-state index contributed by atoms with van der Waals surface area (Å²) in [5.74, 6) is -0.0783. The van der Waals surface area contributed by atoms with Crippen molar-refractivity contribution in [3.05, 3.63) is 78.9 Å². The molecule has 0 heterocycles. The van der Waals surface area contributed by atoms with E-state index in [0.717, 1.165) is 16.6 Å². The van der Waals surface area contributed by atoms with Gasteiger partial charge in [0.05, 0.1) is 6.26 Å². The predicted molar refractivity (Wildman–Crippen MR) is 150 cm³/mol. The van der Waals surface area contributed by atoms with Crippen LogP contribution < -0.4 is 19.1 Å². The Balaban J connectivity index is 2.33. The third-order valence-electron chi connectivity index (χ3n) is 5.73. The largest absolute Gasteiger partial charge is 0.533 e. The van der Waals surface area contributed by atoms with E-state index in [9.17, 15) is 18.3 Å². The molecule has 7 nitrogen and oxygen atoms in total. The number of benzene rings is 3. The molecule has 0 atom stereocenters. The molecule has 0 saturated heterocycles. The summed E-state index contributed by atoms with van der Waals surface area (Å²) in [6.07, 6.45) is -0.180. The molecule has 0 aromatic heterocycles. The van der Waals surface area contributed by atoms with Gasteiger partial charge in [-0.1, -0.05) is 81.4 Å². The van der Waals surface area contributed by atoms with Crippen LogP contribution in [-0.4, -0.2) is 39.8 Å². The van der Waals surface area contributed by atoms with E-state index in [-0.39, 0.29) is 17.2 Å². The van der Waals surface area contributed by atoms with Crippen LogP contribution >= 0.6 is 0 Å². The number of phenolic OH excluding ortho intramolecular Hbond substituents is 1. The summed E-state index contributed by atoms with van der Waals surface area (Å²) in [4.78, 5) is 13.2. The highest BCUT2D eigenvalue weighted by molar-refractivity contribution is 7.92. The summed E-state index contributed by atoms with van der Waals surface area (Å²) in [5, 5.41) is 11.9. The van der Waals surface area contributed by atoms with Gasteiger partial charge in [0.25, 0.3) is 0 Å². The standard InChI is InChI=1S/C28H35NO6SSi/c1-27(2,3)34-26(31)29(36(7,32)33)24-20-21(30)18-19-25(24)35-37(28(4,5)6,22-14-10-8-11-15-22)23-16-12-9-13-17-23/h8-20,30H,1-7H3. The second-order valence-corrected chi connectivity index (χ2v) is 17.0. The zero-order chi connectivity index (χ0) is 27.6. The number of anilines is 1. The Kier molecular flexibility index (Phi) is 7.81. The Hall–Kier alpha value is -3.30. The molecule has 3 rings (SSSR count). The number of amides is 1. The highest BCUT2D eigenvalue weighted by atomic mass is 32.2. The number of carbonyl (C=O) groups is 1. The Morgan fingerprint density at radius 2 is 1.32 bits per heavy atom. The van der Waals surface area contributed by atoms with Crippen LogP contribution in [0.2, 0.25) is 5.04 Å². The highest BCUT2D eigenvalue weighted by Crippen LogP contribution is 2.42. The lowest BCUT2D eigenvalue weighted by atomic mass is 10.2. The molecule has 198 valence electrons. The number of hydrogen-bond donors (Lipinski definition) is 1. The number of hydrogen-bond acceptors (Lipinski definition) is 6. The van der Waals surface area contributed by atoms with E-state index in [1.165, 1.54) is 18.2 Å². The average molecular weight is 542 g/mol. The molecule has 1 amide bonds. The molecule has 1 N–H and O–H groups in total. The van der Waals surface area contributed by atoms with Crippen molar-refractivity contribution in [3.8, 4) is 11.5 Å². The normalized spacial score (nSPS) is 12.6. The summed E-state index contributed by atoms with van der Waals surface area (Å²) in [6, 6.07) is 23.8. The first-order chi connectivity index (χ1) is 17.1. The summed E-state index contributed by atoms with van der Waals surface area (Å²) < 4.78 is 38.8. The van der Waals surface area contributed by atoms with E-state index in [1.54, 1.807) is 20.8 Å². The van der Waals surface area contributed by atoms with Crippen molar-refractivity contribution in [2.75, 3.05) is 10.6 Å². The SMILES string of the molecule is CC(C)(C)OC(=O)N(c1cc(O)ccc1O[Si](c1ccccc1)(c1ccccc1)C(C)(C)C)S(C)(=O)=O. The Morgan fingerprint density at radius 1 is 0.838 bits per heavy atom. The van der Waals surface area contributed by atoms with Crippen LogP contribution in [0, 0.1) is 0 Å². The number of phenols is 1. The van der Waals surface area contributed by atoms with E-state index in [0.29, 0.717) is 4.31 Å². The molecule has 0 fully saturated rings. The molecule has 3 aromatic carbocycles. The first-order valence-electron chi connectivity index (χ1n) is 11.9. The maximum Gasteiger partial charge on any atom is 0.429 e. The van der Waals surface area contributed by atoms with Crippen molar-refractivity contribution in [1.29, 1.82) is 0 Å². The van der Waals surface area contributed by atoms with Gasteiger partial charge in [0.1, 0.15) is 22.8 Å². The van der Waals surface area contributed by atoms with Crippen LogP contribution in [0.1, 0.15) is 41.5 Å². The van der Waals surface area contributed by atoms with E-state index in [4.69, 9.17) is 9.16 Å². The maximum atomic E-state index is 13.2. The summed E-state index contributed by atoms with van der Waals surface area (Å²) in [6.45, 7) is 11.2. The summed E-state index contributed by atoms with van der Waals surface area (Å²) in [5.41, 5.74) is -1.07. The van der Waals surface area contributed by atoms with Crippen molar-refractivity contribution >= 4 is 40.5 Å². The molecule has 0 unspecified atom stereocenters. The van der Waals surface area contributed by atoms with E-state index >= 15 is 0 Å². The highest BCUT2D eigenvalue weighted by Gasteiger charge is 2.52. The van der Waals surface area contributed by atoms with Crippen LogP contribution in [0.25, 0.3) is 0 Å². The minimum Gasteiger partial charge on any atom is -0.533 e. The molecular formula is C28H35NO6SSi. The van der Waals surface area contributed by atoms with Gasteiger partial charge in [-0.05, 0) is 48.3 Å². The number of ether oxygens (including phenoxy) is 1. The van der Waals surface area contributed by atoms with Crippen molar-refractivity contribution in [1.82, 2.24) is 0 Å². The summed E-state index contributed by atoms with van der Waals surface area (Å²) >= 11 is 0. The number of aromatic hydroxyl groups is 1. The fraction of sp³-hybridized carbons (Fsp3) is 0.321. The maximum absolute atomic E-state index is 13.2. The number of sulfonamides is 1. The molecule has 0 bridgehead atoms. The zero-order valence-electron chi connectivity index (χ0n) is 22.3. The Labute approximate surface area is 220 Å². The topological polar surface area (TPSA) is 93.1 Å². The fourth-order valence-corrected chi connectivity index (χ4v) is 9.52. The lowest BCUT2D eigenvalue weighted by Crippen LogP contribution is -2.69. The zero-order valence-corrected chi connectivity index (χ0v) is 24.2. The van der Waals surface area contributed by atoms with Crippen LogP contribution in [0.4, 0.5) is 10.5 Å². The van der Waals surface area contributed by atoms with E-state index in [1.807, 2.05) is 60.7 Å². The second kappa shape index (κ2) is 10.2. The van der Waals surface area contributed by atoms with Crippen LogP contribution in [0.5, 0.6) is 11.5 Å². The molecule has 0 spiro atoms. The van der Waals surface area contributed by atoms with Gasteiger partial charge >= 0.3 is 14.4 Å². The van der Waals surface area contributed by atoms with Crippen molar-refractivity contribution in [2.45, 2.75) is 52.2 Å². The number of nitrogens with zero attached hydrogens (tertiary/aromatic N) is 1. The minimum absolute atomic E-state index is 0.121. The molecule has 37 heavy (non-hydrogen) atoms. The quantitative estimate of drug-likeness (QED) is 0.440. The van der Waals surface area contributed by atoms with Crippen molar-refractivity contribution in [2.24, 2.45) is 0 Å². The van der Waals surface area contributed by atoms with Gasteiger partial charge in [-0.15, -0.1) is 0 Å². The molecule has 0 aliphatic heterocycles. The first kappa shape index (κ1) is 28.3. The van der Waals surface area contributed by atoms with Crippen LogP contribution in [-0.2, 0) is 14.8 Å². The first-order valence-corrected chi connectivity index (χ1v) is 15.7. The Bertz CT molecular complexity index is 1310. The lowest BCUT2D eigenvalue weighted by Gasteiger charge is -2.43. The molecule has 9 heteroatoms. The van der Waals surface area contributed by atoms with Crippen LogP contribution in [0.3, 0.4) is 0 Å². The third-order valence-corrected chi connectivity index (χ3v) is 11.7. The number of rotatable bonds is 6. The van der Waals surface area contributed by atoms with Gasteiger partial charge in [0.15, 0.2) is 0 Å². The van der Waals surface area contributed by atoms with Gasteiger partial charge in [-0.3, -0.25) is 0 Å². The van der Waals surface area contributed by atoms with Gasteiger partial charge in [-0.2, -0.15) is 4.31 Å². The van der Waals surface area contributed by atoms with Gasteiger partial charge in [0, 0.05) is 6.07 Å². The fourth-order valence-electron chi connectivity index (χ4n) is 4.28. The predicted octanol–water partition coefficient (Wildman–Crippen LogP) is 5.03. The summed E-state index contributed by atoms with van der Waals surface area (Å²) in [7, 11) is -7.35. The van der Waals surface area contributed by atoms with Crippen molar-refractivity contribution < 1.29 is 27.5 Å². The van der Waals surface area contributed by atoms with Crippen molar-refractivity contribution in [3.63, 3.8) is 0 Å². The average Bonchev–Trinajstić information content (AvgIpc) is 2.77. The number of carbonyl (C=O) groups excluding carboxylic acids is 1. The monoisotopic (exact) mass is 541 g/mol. The molecule has 0 aliphatic rings. The molecule has 0 saturated carbocycles. The smallest absolute Gasteiger partial charge is 0.429 e. The van der Waals surface area contributed by atoms with Gasteiger partial charge in [0.2, 0.25) is 10.0 Å². The molecule has 0 aliphatic carbocycles. The molecular weight excluding hydrogens is 506 g/mol. The van der Waals surface area contributed by atoms with Gasteiger partial charge < -0.3 is 14.3 Å². The molecule has 0 radical (unpaired) electrons. The third kappa shape index (κ3) is 6.16. The minimum atomic E-state index is -4.17. The Morgan fingerprint density at radius 3 is 1.73 bits per heavy atom.